The van der Waals surface area contributed by atoms with Crippen LogP contribution in [-0.4, -0.2) is 5.54 Å². The first-order chi connectivity index (χ1) is 9.44. The third-order valence-corrected chi connectivity index (χ3v) is 2.89. The van der Waals surface area contributed by atoms with Crippen LogP contribution in [0.1, 0.15) is 25.0 Å². The van der Waals surface area contributed by atoms with Crippen molar-refractivity contribution >= 4 is 0 Å². The molecule has 20 heavy (non-hydrogen) atoms. The number of nitrogens with two attached hydrogens (primary N) is 1. The highest BCUT2D eigenvalue weighted by molar-refractivity contribution is 5.30. The van der Waals surface area contributed by atoms with Gasteiger partial charge in [-0.25, -0.2) is 4.39 Å². The predicted octanol–water partition coefficient (Wildman–Crippen LogP) is 3.68. The standard InChI is InChI=1S/C17H20FNO/c1-17(2,19)11-14-8-9-16(15(18)10-14)20-12-13-6-4-3-5-7-13/h3-10H,11-12,19H2,1-2H3. The SMILES string of the molecule is CC(C)(N)Cc1ccc(OCc2ccccc2)c(F)c1. The lowest BCUT2D eigenvalue weighted by molar-refractivity contribution is 0.290. The first-order valence-electron chi connectivity index (χ1n) is 6.68. The van der Waals surface area contributed by atoms with Crippen molar-refractivity contribution in [2.75, 3.05) is 0 Å². The summed E-state index contributed by atoms with van der Waals surface area (Å²) in [6.45, 7) is 4.20. The lowest BCUT2D eigenvalue weighted by Crippen LogP contribution is -2.34. The maximum atomic E-state index is 14.0. The van der Waals surface area contributed by atoms with Crippen LogP contribution in [0.15, 0.2) is 48.5 Å². The fraction of sp³-hybridized carbons (Fsp3) is 0.294. The summed E-state index contributed by atoms with van der Waals surface area (Å²) in [5.41, 5.74) is 7.48. The van der Waals surface area contributed by atoms with Crippen LogP contribution in [0.5, 0.6) is 5.75 Å². The fourth-order valence-electron chi connectivity index (χ4n) is 2.03. The van der Waals surface area contributed by atoms with E-state index in [0.29, 0.717) is 13.0 Å². The number of halogens is 1. The quantitative estimate of drug-likeness (QED) is 0.901. The molecule has 0 aromatic heterocycles. The van der Waals surface area contributed by atoms with E-state index in [1.807, 2.05) is 50.2 Å². The third kappa shape index (κ3) is 4.35. The van der Waals surface area contributed by atoms with Crippen LogP contribution < -0.4 is 10.5 Å². The average molecular weight is 273 g/mol. The fourth-order valence-corrected chi connectivity index (χ4v) is 2.03. The summed E-state index contributed by atoms with van der Waals surface area (Å²) in [4.78, 5) is 0. The van der Waals surface area contributed by atoms with Crippen molar-refractivity contribution in [2.24, 2.45) is 5.73 Å². The van der Waals surface area contributed by atoms with Crippen molar-refractivity contribution in [3.05, 3.63) is 65.5 Å². The molecule has 0 aliphatic carbocycles. The molecule has 0 radical (unpaired) electrons. The molecule has 0 aliphatic rings. The van der Waals surface area contributed by atoms with Gasteiger partial charge in [-0.1, -0.05) is 36.4 Å². The number of ether oxygens (including phenoxy) is 1. The van der Waals surface area contributed by atoms with Crippen LogP contribution in [0.3, 0.4) is 0 Å². The highest BCUT2D eigenvalue weighted by atomic mass is 19.1. The van der Waals surface area contributed by atoms with E-state index in [0.717, 1.165) is 11.1 Å². The highest BCUT2D eigenvalue weighted by Crippen LogP contribution is 2.21. The largest absolute Gasteiger partial charge is 0.486 e. The van der Waals surface area contributed by atoms with Gasteiger partial charge in [-0.15, -0.1) is 0 Å². The van der Waals surface area contributed by atoms with E-state index in [2.05, 4.69) is 0 Å². The molecule has 2 rings (SSSR count). The molecule has 106 valence electrons. The molecule has 2 aromatic carbocycles. The molecule has 0 amide bonds. The average Bonchev–Trinajstić information content (AvgIpc) is 2.37. The molecule has 0 unspecified atom stereocenters. The van der Waals surface area contributed by atoms with E-state index < -0.39 is 0 Å². The summed E-state index contributed by atoms with van der Waals surface area (Å²) >= 11 is 0. The van der Waals surface area contributed by atoms with Crippen molar-refractivity contribution in [3.63, 3.8) is 0 Å². The van der Waals surface area contributed by atoms with Crippen molar-refractivity contribution in [2.45, 2.75) is 32.4 Å². The second-order valence-electron chi connectivity index (χ2n) is 5.70. The minimum Gasteiger partial charge on any atom is -0.486 e. The topological polar surface area (TPSA) is 35.2 Å². The normalized spacial score (nSPS) is 11.4. The van der Waals surface area contributed by atoms with Gasteiger partial charge in [-0.2, -0.15) is 0 Å². The number of benzene rings is 2. The zero-order valence-corrected chi connectivity index (χ0v) is 11.9. The second-order valence-corrected chi connectivity index (χ2v) is 5.70. The minimum atomic E-state index is -0.348. The van der Waals surface area contributed by atoms with Crippen LogP contribution in [0.2, 0.25) is 0 Å². The summed E-state index contributed by atoms with van der Waals surface area (Å²) in [5.74, 6) is -0.0740. The maximum absolute atomic E-state index is 14.0. The van der Waals surface area contributed by atoms with E-state index in [9.17, 15) is 4.39 Å². The molecular weight excluding hydrogens is 253 g/mol. The van der Waals surface area contributed by atoms with Crippen LogP contribution in [0, 0.1) is 5.82 Å². The van der Waals surface area contributed by atoms with Gasteiger partial charge >= 0.3 is 0 Å². The van der Waals surface area contributed by atoms with Gasteiger partial charge in [0.05, 0.1) is 0 Å². The first-order valence-corrected chi connectivity index (χ1v) is 6.68. The van der Waals surface area contributed by atoms with Gasteiger partial charge in [-0.3, -0.25) is 0 Å². The van der Waals surface area contributed by atoms with Crippen molar-refractivity contribution in [3.8, 4) is 5.75 Å². The Hall–Kier alpha value is -1.87. The molecule has 0 saturated carbocycles. The number of rotatable bonds is 5. The van der Waals surface area contributed by atoms with E-state index in [-0.39, 0.29) is 17.1 Å². The molecular formula is C17H20FNO. The van der Waals surface area contributed by atoms with Crippen LogP contribution in [0.25, 0.3) is 0 Å². The highest BCUT2D eigenvalue weighted by Gasteiger charge is 2.13. The molecule has 0 atom stereocenters. The Labute approximate surface area is 119 Å². The number of hydrogen-bond acceptors (Lipinski definition) is 2. The van der Waals surface area contributed by atoms with Gasteiger partial charge in [0.1, 0.15) is 6.61 Å². The van der Waals surface area contributed by atoms with Gasteiger partial charge < -0.3 is 10.5 Å². The Morgan fingerprint density at radius 2 is 1.75 bits per heavy atom. The number of hydrogen-bond donors (Lipinski definition) is 1. The molecule has 0 fully saturated rings. The minimum absolute atomic E-state index is 0.271. The van der Waals surface area contributed by atoms with Crippen molar-refractivity contribution in [1.82, 2.24) is 0 Å². The Morgan fingerprint density at radius 3 is 2.35 bits per heavy atom. The van der Waals surface area contributed by atoms with Gasteiger partial charge in [0.2, 0.25) is 0 Å². The summed E-state index contributed by atoms with van der Waals surface area (Å²) in [6, 6.07) is 14.7. The van der Waals surface area contributed by atoms with Gasteiger partial charge in [0.15, 0.2) is 11.6 Å². The van der Waals surface area contributed by atoms with E-state index in [1.165, 1.54) is 6.07 Å². The van der Waals surface area contributed by atoms with E-state index in [4.69, 9.17) is 10.5 Å². The first kappa shape index (κ1) is 14.5. The molecule has 0 heterocycles. The van der Waals surface area contributed by atoms with E-state index in [1.54, 1.807) is 6.07 Å². The predicted molar refractivity (Wildman–Crippen MR) is 79.1 cm³/mol. The van der Waals surface area contributed by atoms with Crippen molar-refractivity contribution in [1.29, 1.82) is 0 Å². The van der Waals surface area contributed by atoms with Crippen LogP contribution in [-0.2, 0) is 13.0 Å². The van der Waals surface area contributed by atoms with E-state index >= 15 is 0 Å². The molecule has 2 N–H and O–H groups in total. The molecule has 3 heteroatoms. The summed E-state index contributed by atoms with van der Waals surface area (Å²) in [6.07, 6.45) is 0.628. The monoisotopic (exact) mass is 273 g/mol. The molecule has 0 aliphatic heterocycles. The van der Waals surface area contributed by atoms with Gasteiger partial charge in [-0.05, 0) is 43.5 Å². The zero-order chi connectivity index (χ0) is 14.6. The second kappa shape index (κ2) is 6.06. The maximum Gasteiger partial charge on any atom is 0.165 e. The van der Waals surface area contributed by atoms with Crippen LogP contribution >= 0.6 is 0 Å². The van der Waals surface area contributed by atoms with Gasteiger partial charge in [0, 0.05) is 5.54 Å². The Kier molecular flexibility index (Phi) is 4.40. The smallest absolute Gasteiger partial charge is 0.165 e. The van der Waals surface area contributed by atoms with Gasteiger partial charge in [0.25, 0.3) is 0 Å². The zero-order valence-electron chi connectivity index (χ0n) is 11.9. The molecule has 2 aromatic rings. The van der Waals surface area contributed by atoms with Crippen molar-refractivity contribution < 1.29 is 9.13 Å². The Morgan fingerprint density at radius 1 is 1.05 bits per heavy atom. The summed E-state index contributed by atoms with van der Waals surface area (Å²) in [5, 5.41) is 0. The summed E-state index contributed by atoms with van der Waals surface area (Å²) in [7, 11) is 0. The lowest BCUT2D eigenvalue weighted by Gasteiger charge is -2.18. The Bertz CT molecular complexity index is 561. The summed E-state index contributed by atoms with van der Waals surface area (Å²) < 4.78 is 19.5. The molecule has 0 saturated heterocycles. The Balaban J connectivity index is 2.03. The molecule has 0 spiro atoms. The van der Waals surface area contributed by atoms with Crippen LogP contribution in [0.4, 0.5) is 4.39 Å². The lowest BCUT2D eigenvalue weighted by atomic mass is 9.96. The molecule has 2 nitrogen and oxygen atoms in total. The third-order valence-electron chi connectivity index (χ3n) is 2.89. The molecule has 0 bridgehead atoms.